The van der Waals surface area contributed by atoms with E-state index in [2.05, 4.69) is 86.0 Å². The van der Waals surface area contributed by atoms with Crippen LogP contribution in [0.4, 0.5) is 0 Å². The van der Waals surface area contributed by atoms with Gasteiger partial charge in [-0.15, -0.1) is 11.3 Å². The summed E-state index contributed by atoms with van der Waals surface area (Å²) in [6.07, 6.45) is 3.56. The van der Waals surface area contributed by atoms with Crippen molar-refractivity contribution >= 4 is 45.9 Å². The summed E-state index contributed by atoms with van der Waals surface area (Å²) in [5.74, 6) is 4.59. The number of ether oxygens (including phenoxy) is 2. The Bertz CT molecular complexity index is 2420. The Kier molecular flexibility index (Phi) is 13.8. The number of hydrogen-bond acceptors (Lipinski definition) is 11. The summed E-state index contributed by atoms with van der Waals surface area (Å²) in [6, 6.07) is 8.93. The first kappa shape index (κ1) is 45.9. The Labute approximate surface area is 375 Å². The van der Waals surface area contributed by atoms with E-state index >= 15 is 0 Å². The molecule has 14 nitrogen and oxygen atoms in total. The first-order valence-corrected chi connectivity index (χ1v) is 23.0. The number of carbonyl (C=O) groups excluding carboxylic acids is 4. The topological polar surface area (TPSA) is 151 Å². The molecule has 0 radical (unpaired) electrons. The van der Waals surface area contributed by atoms with Gasteiger partial charge in [0.1, 0.15) is 12.1 Å². The SMILES string of the molecule is CCn1c(-c2cccnc2C(C)C)c2c3cc(ccc31)-c1csc(n1)C[C@H](NC(=O)CCOC1CN(C(=O)C#CC(C)(C)N(C)C)C1)C(=O)N1CCC[C@H](N1)C(=O)OCC(C)(C)C2. The second kappa shape index (κ2) is 18.9. The van der Waals surface area contributed by atoms with Crippen LogP contribution in [0.5, 0.6) is 0 Å². The van der Waals surface area contributed by atoms with Crippen molar-refractivity contribution in [3.63, 3.8) is 0 Å². The van der Waals surface area contributed by atoms with E-state index < -0.39 is 29.0 Å². The molecule has 0 spiro atoms. The van der Waals surface area contributed by atoms with E-state index in [-0.39, 0.29) is 55.8 Å². The molecule has 4 aromatic rings. The normalized spacial score (nSPS) is 19.7. The summed E-state index contributed by atoms with van der Waals surface area (Å²) in [5.41, 5.74) is 9.49. The van der Waals surface area contributed by atoms with Gasteiger partial charge in [-0.1, -0.05) is 39.7 Å². The highest BCUT2D eigenvalue weighted by atomic mass is 32.1. The fraction of sp³-hybridized carbons (Fsp3) is 0.542. The lowest BCUT2D eigenvalue weighted by Crippen LogP contribution is -2.60. The monoisotopic (exact) mass is 878 g/mol. The second-order valence-electron chi connectivity index (χ2n) is 18.8. The number of nitrogens with zero attached hydrogens (tertiary/aromatic N) is 6. The van der Waals surface area contributed by atoms with Gasteiger partial charge < -0.3 is 24.3 Å². The third-order valence-electron chi connectivity index (χ3n) is 12.4. The number of likely N-dealkylation sites (tertiary alicyclic amines) is 1. The molecule has 2 N–H and O–H groups in total. The molecule has 0 unspecified atom stereocenters. The summed E-state index contributed by atoms with van der Waals surface area (Å²) in [5, 5.41) is 8.20. The number of hydrogen-bond donors (Lipinski definition) is 2. The number of rotatable bonds is 9. The van der Waals surface area contributed by atoms with Crippen LogP contribution in [0.3, 0.4) is 0 Å². The van der Waals surface area contributed by atoms with Crippen LogP contribution >= 0.6 is 11.3 Å². The fourth-order valence-electron chi connectivity index (χ4n) is 8.28. The molecule has 2 atom stereocenters. The molecule has 63 heavy (non-hydrogen) atoms. The van der Waals surface area contributed by atoms with Crippen molar-refractivity contribution in [1.82, 2.24) is 40.1 Å². The Morgan fingerprint density at radius 1 is 1.17 bits per heavy atom. The quantitative estimate of drug-likeness (QED) is 0.161. The van der Waals surface area contributed by atoms with Crippen LogP contribution in [-0.4, -0.2) is 124 Å². The molecular formula is C48H62N8O6S. The van der Waals surface area contributed by atoms with Gasteiger partial charge >= 0.3 is 5.97 Å². The lowest BCUT2D eigenvalue weighted by Gasteiger charge is -2.37. The number of benzene rings is 1. The molecule has 0 saturated carbocycles. The molecule has 3 aromatic heterocycles. The largest absolute Gasteiger partial charge is 0.464 e. The second-order valence-corrected chi connectivity index (χ2v) is 19.7. The Hall–Kier alpha value is -5.14. The zero-order chi connectivity index (χ0) is 45.2. The molecule has 2 saturated heterocycles. The molecular weight excluding hydrogens is 817 g/mol. The number of aromatic nitrogens is 3. The van der Waals surface area contributed by atoms with Gasteiger partial charge in [0.25, 0.3) is 11.8 Å². The number of fused-ring (bicyclic) bond motifs is 6. The van der Waals surface area contributed by atoms with Gasteiger partial charge in [0.2, 0.25) is 5.91 Å². The number of aryl methyl sites for hydroxylation is 1. The van der Waals surface area contributed by atoms with Crippen LogP contribution in [0.2, 0.25) is 0 Å². The van der Waals surface area contributed by atoms with Crippen LogP contribution in [0, 0.1) is 17.3 Å². The number of cyclic esters (lactones) is 1. The lowest BCUT2D eigenvalue weighted by atomic mass is 9.84. The number of nitrogens with one attached hydrogen (secondary N) is 2. The van der Waals surface area contributed by atoms with E-state index in [0.29, 0.717) is 43.9 Å². The summed E-state index contributed by atoms with van der Waals surface area (Å²) in [6.45, 7) is 16.8. The van der Waals surface area contributed by atoms with Crippen molar-refractivity contribution in [3.05, 3.63) is 58.2 Å². The molecule has 6 heterocycles. The third-order valence-corrected chi connectivity index (χ3v) is 13.3. The molecule has 336 valence electrons. The van der Waals surface area contributed by atoms with Crippen molar-refractivity contribution in [1.29, 1.82) is 0 Å². The predicted molar refractivity (Wildman–Crippen MR) is 244 cm³/mol. The van der Waals surface area contributed by atoms with Gasteiger partial charge in [-0.2, -0.15) is 0 Å². The molecule has 3 aliphatic rings. The molecule has 1 aromatic carbocycles. The van der Waals surface area contributed by atoms with Crippen molar-refractivity contribution < 1.29 is 28.7 Å². The van der Waals surface area contributed by atoms with Crippen LogP contribution < -0.4 is 10.7 Å². The van der Waals surface area contributed by atoms with Gasteiger partial charge in [-0.05, 0) is 95.8 Å². The van der Waals surface area contributed by atoms with Gasteiger partial charge in [-0.3, -0.25) is 34.1 Å². The average molecular weight is 879 g/mol. The van der Waals surface area contributed by atoms with Crippen LogP contribution in [0.1, 0.15) is 89.9 Å². The predicted octanol–water partition coefficient (Wildman–Crippen LogP) is 5.58. The van der Waals surface area contributed by atoms with Crippen LogP contribution in [0.25, 0.3) is 33.4 Å². The number of esters is 1. The van der Waals surface area contributed by atoms with E-state index in [0.717, 1.165) is 51.2 Å². The molecule has 2 fully saturated rings. The van der Waals surface area contributed by atoms with E-state index in [1.165, 1.54) is 16.3 Å². The summed E-state index contributed by atoms with van der Waals surface area (Å²) in [4.78, 5) is 67.6. The highest BCUT2D eigenvalue weighted by Crippen LogP contribution is 2.42. The smallest absolute Gasteiger partial charge is 0.324 e. The van der Waals surface area contributed by atoms with Gasteiger partial charge in [-0.25, -0.2) is 10.4 Å². The number of thiazole rings is 1. The molecule has 7 rings (SSSR count). The molecule has 15 heteroatoms. The molecule has 6 bridgehead atoms. The van der Waals surface area contributed by atoms with E-state index in [1.54, 1.807) is 4.90 Å². The minimum Gasteiger partial charge on any atom is -0.464 e. The first-order valence-electron chi connectivity index (χ1n) is 22.1. The van der Waals surface area contributed by atoms with Crippen LogP contribution in [0.15, 0.2) is 41.9 Å². The van der Waals surface area contributed by atoms with Crippen molar-refractivity contribution in [2.45, 2.75) is 117 Å². The third kappa shape index (κ3) is 10.3. The van der Waals surface area contributed by atoms with E-state index in [1.807, 2.05) is 50.5 Å². The Balaban J connectivity index is 1.14. The first-order chi connectivity index (χ1) is 29.9. The minimum atomic E-state index is -0.955. The van der Waals surface area contributed by atoms with Gasteiger partial charge in [0.05, 0.1) is 46.9 Å². The maximum Gasteiger partial charge on any atom is 0.324 e. The Morgan fingerprint density at radius 3 is 2.68 bits per heavy atom. The fourth-order valence-corrected chi connectivity index (χ4v) is 9.13. The van der Waals surface area contributed by atoms with Crippen molar-refractivity contribution in [2.75, 3.05) is 46.9 Å². The number of hydrazine groups is 1. The summed E-state index contributed by atoms with van der Waals surface area (Å²) in [7, 11) is 3.83. The summed E-state index contributed by atoms with van der Waals surface area (Å²) < 4.78 is 14.4. The minimum absolute atomic E-state index is 0.0196. The zero-order valence-corrected chi connectivity index (χ0v) is 39.0. The molecule has 3 amide bonds. The molecule has 3 aliphatic heterocycles. The highest BCUT2D eigenvalue weighted by molar-refractivity contribution is 7.10. The zero-order valence-electron chi connectivity index (χ0n) is 38.2. The standard InChI is InChI=1S/C48H62N8O6S/c1-10-55-39-16-15-31-23-34(39)35(44(55)33-13-11-20-49-43(33)30(2)3)25-47(4,5)29-62-46(60)36-14-12-21-56(52-36)45(59)37(24-41-51-38(31)28-63-41)50-40(57)18-22-61-32-26-54(27-32)42(58)17-19-48(6,7)53(8)9/h11,13,15-16,20,23,28,30,32,36-37,52H,10,12,14,18,21-22,24-27,29H2,1-9H3,(H,50,57)/t36-,37-/m0/s1. The maximum atomic E-state index is 14.3. The lowest BCUT2D eigenvalue weighted by molar-refractivity contribution is -0.155. The number of pyridine rings is 1. The van der Waals surface area contributed by atoms with E-state index in [9.17, 15) is 19.2 Å². The Morgan fingerprint density at radius 2 is 1.95 bits per heavy atom. The van der Waals surface area contributed by atoms with Crippen molar-refractivity contribution in [3.8, 4) is 34.4 Å². The maximum absolute atomic E-state index is 14.3. The highest BCUT2D eigenvalue weighted by Gasteiger charge is 2.36. The number of carbonyl (C=O) groups is 4. The van der Waals surface area contributed by atoms with Gasteiger partial charge in [0.15, 0.2) is 0 Å². The summed E-state index contributed by atoms with van der Waals surface area (Å²) >= 11 is 1.44. The van der Waals surface area contributed by atoms with Crippen molar-refractivity contribution in [2.24, 2.45) is 5.41 Å². The number of amides is 3. The molecule has 0 aliphatic carbocycles. The van der Waals surface area contributed by atoms with Crippen LogP contribution in [-0.2, 0) is 48.0 Å². The average Bonchev–Trinajstić information content (AvgIpc) is 3.83. The van der Waals surface area contributed by atoms with E-state index in [4.69, 9.17) is 19.4 Å². The van der Waals surface area contributed by atoms with Gasteiger partial charge in [0, 0.05) is 78.0 Å².